The van der Waals surface area contributed by atoms with Gasteiger partial charge in [0.1, 0.15) is 23.7 Å². The first kappa shape index (κ1) is 22.4. The number of anilines is 1. The summed E-state index contributed by atoms with van der Waals surface area (Å²) in [6.07, 6.45) is 0. The second-order valence-corrected chi connectivity index (χ2v) is 7.21. The van der Waals surface area contributed by atoms with Crippen LogP contribution in [0.4, 0.5) is 17.1 Å². The number of nitro benzene ring substituents is 2. The predicted molar refractivity (Wildman–Crippen MR) is 114 cm³/mol. The number of nitrogens with one attached hydrogen (secondary N) is 1. The van der Waals surface area contributed by atoms with Gasteiger partial charge in [-0.05, 0) is 51.0 Å². The summed E-state index contributed by atoms with van der Waals surface area (Å²) in [5.74, 6) is 0.220. The maximum absolute atomic E-state index is 12.8. The fourth-order valence-electron chi connectivity index (χ4n) is 3.02. The number of benzene rings is 2. The molecule has 0 saturated heterocycles. The first-order chi connectivity index (χ1) is 15.1. The summed E-state index contributed by atoms with van der Waals surface area (Å²) >= 11 is 0. The molecule has 2 aromatic carbocycles. The number of amides is 1. The Kier molecular flexibility index (Phi) is 6.19. The third-order valence-electron chi connectivity index (χ3n) is 5.07. The molecule has 32 heavy (non-hydrogen) atoms. The Balaban J connectivity index is 1.85. The lowest BCUT2D eigenvalue weighted by atomic mass is 10.1. The zero-order valence-corrected chi connectivity index (χ0v) is 17.8. The Labute approximate surface area is 182 Å². The molecule has 1 amide bonds. The van der Waals surface area contributed by atoms with E-state index in [1.807, 2.05) is 26.0 Å². The predicted octanol–water partition coefficient (Wildman–Crippen LogP) is 4.56. The number of rotatable bonds is 7. The van der Waals surface area contributed by atoms with Gasteiger partial charge in [0.05, 0.1) is 21.1 Å². The van der Waals surface area contributed by atoms with Crippen molar-refractivity contribution in [1.82, 2.24) is 5.16 Å². The molecule has 0 atom stereocenters. The number of carbonyl (C=O) groups excluding carboxylic acids is 1. The minimum atomic E-state index is -0.749. The van der Waals surface area contributed by atoms with Crippen molar-refractivity contribution in [3.63, 3.8) is 0 Å². The molecule has 0 spiro atoms. The summed E-state index contributed by atoms with van der Waals surface area (Å²) in [6.45, 7) is 6.81. The van der Waals surface area contributed by atoms with Gasteiger partial charge in [-0.2, -0.15) is 0 Å². The van der Waals surface area contributed by atoms with Crippen LogP contribution < -0.4 is 10.1 Å². The molecule has 1 aromatic heterocycles. The maximum atomic E-state index is 12.8. The highest BCUT2D eigenvalue weighted by molar-refractivity contribution is 6.04. The molecule has 3 aromatic rings. The number of aromatic nitrogens is 1. The highest BCUT2D eigenvalue weighted by Crippen LogP contribution is 2.32. The third-order valence-corrected chi connectivity index (χ3v) is 5.07. The van der Waals surface area contributed by atoms with Crippen molar-refractivity contribution >= 4 is 23.0 Å². The third kappa shape index (κ3) is 4.56. The molecule has 0 radical (unpaired) electrons. The number of nitrogens with zero attached hydrogens (tertiary/aromatic N) is 3. The Morgan fingerprint density at radius 3 is 2.22 bits per heavy atom. The SMILES string of the molecule is Cc1ccc(OCc2c(C(=O)Nc3cc([N+](=O)[O-])c(C)c([N+](=O)[O-])c3)noc2C)cc1C. The van der Waals surface area contributed by atoms with E-state index < -0.39 is 27.1 Å². The Morgan fingerprint density at radius 2 is 1.66 bits per heavy atom. The summed E-state index contributed by atoms with van der Waals surface area (Å²) < 4.78 is 10.9. The van der Waals surface area contributed by atoms with Crippen LogP contribution in [0, 0.1) is 47.9 Å². The Hall–Kier alpha value is -4.28. The van der Waals surface area contributed by atoms with Gasteiger partial charge in [0.25, 0.3) is 17.3 Å². The first-order valence-corrected chi connectivity index (χ1v) is 9.48. The van der Waals surface area contributed by atoms with Gasteiger partial charge in [0.15, 0.2) is 5.69 Å². The lowest BCUT2D eigenvalue weighted by Gasteiger charge is -2.09. The van der Waals surface area contributed by atoms with Gasteiger partial charge >= 0.3 is 0 Å². The van der Waals surface area contributed by atoms with Gasteiger partial charge in [0.2, 0.25) is 0 Å². The molecular weight excluding hydrogens is 420 g/mol. The van der Waals surface area contributed by atoms with Crippen molar-refractivity contribution in [2.24, 2.45) is 0 Å². The van der Waals surface area contributed by atoms with Gasteiger partial charge in [-0.15, -0.1) is 0 Å². The summed E-state index contributed by atoms with van der Waals surface area (Å²) in [5, 5.41) is 28.7. The lowest BCUT2D eigenvalue weighted by Crippen LogP contribution is -2.16. The molecule has 0 bridgehead atoms. The molecule has 11 heteroatoms. The average Bonchev–Trinajstić information content (AvgIpc) is 3.10. The molecular formula is C21H20N4O7. The standard InChI is InChI=1S/C21H20N4O7/c1-11-5-6-16(7-12(11)2)31-10-17-14(4)32-23-20(17)21(26)22-15-8-18(24(27)28)13(3)19(9-15)25(29)30/h5-9H,10H2,1-4H3,(H,22,26). The Bertz CT molecular complexity index is 1200. The minimum absolute atomic E-state index is 0.00518. The number of ether oxygens (including phenoxy) is 1. The summed E-state index contributed by atoms with van der Waals surface area (Å²) in [5.41, 5.74) is 1.27. The van der Waals surface area contributed by atoms with Crippen LogP contribution >= 0.6 is 0 Å². The number of nitro groups is 2. The van der Waals surface area contributed by atoms with Crippen molar-refractivity contribution in [1.29, 1.82) is 0 Å². The van der Waals surface area contributed by atoms with Gasteiger partial charge in [-0.3, -0.25) is 25.0 Å². The molecule has 1 N–H and O–H groups in total. The van der Waals surface area contributed by atoms with Crippen LogP contribution in [0.1, 0.15) is 38.5 Å². The van der Waals surface area contributed by atoms with Gasteiger partial charge in [-0.1, -0.05) is 11.2 Å². The molecule has 166 valence electrons. The minimum Gasteiger partial charge on any atom is -0.489 e. The van der Waals surface area contributed by atoms with Crippen molar-refractivity contribution in [2.75, 3.05) is 5.32 Å². The molecule has 0 unspecified atom stereocenters. The van der Waals surface area contributed by atoms with E-state index in [0.717, 1.165) is 23.3 Å². The number of aryl methyl sites for hydroxylation is 3. The number of carbonyl (C=O) groups is 1. The summed E-state index contributed by atoms with van der Waals surface area (Å²) in [7, 11) is 0. The molecule has 0 saturated carbocycles. The van der Waals surface area contributed by atoms with Crippen LogP contribution in [0.5, 0.6) is 5.75 Å². The second kappa shape index (κ2) is 8.84. The smallest absolute Gasteiger partial charge is 0.281 e. The summed E-state index contributed by atoms with van der Waals surface area (Å²) in [4.78, 5) is 33.8. The average molecular weight is 440 g/mol. The van der Waals surface area contributed by atoms with Gasteiger partial charge < -0.3 is 14.6 Å². The van der Waals surface area contributed by atoms with Crippen molar-refractivity contribution in [2.45, 2.75) is 34.3 Å². The van der Waals surface area contributed by atoms with Crippen LogP contribution in [0.2, 0.25) is 0 Å². The van der Waals surface area contributed by atoms with E-state index in [-0.39, 0.29) is 23.6 Å². The van der Waals surface area contributed by atoms with Crippen molar-refractivity contribution in [3.05, 3.63) is 84.3 Å². The van der Waals surface area contributed by atoms with E-state index in [0.29, 0.717) is 17.1 Å². The van der Waals surface area contributed by atoms with Crippen molar-refractivity contribution in [3.8, 4) is 5.75 Å². The van der Waals surface area contributed by atoms with E-state index in [1.165, 1.54) is 6.92 Å². The zero-order chi connectivity index (χ0) is 23.6. The quantitative estimate of drug-likeness (QED) is 0.415. The van der Waals surface area contributed by atoms with E-state index in [4.69, 9.17) is 9.26 Å². The van der Waals surface area contributed by atoms with Gasteiger partial charge in [-0.25, -0.2) is 0 Å². The number of hydrogen-bond donors (Lipinski definition) is 1. The first-order valence-electron chi connectivity index (χ1n) is 9.48. The number of hydrogen-bond acceptors (Lipinski definition) is 8. The largest absolute Gasteiger partial charge is 0.489 e. The van der Waals surface area contributed by atoms with Crippen molar-refractivity contribution < 1.29 is 23.9 Å². The second-order valence-electron chi connectivity index (χ2n) is 7.21. The highest BCUT2D eigenvalue weighted by Gasteiger charge is 2.26. The summed E-state index contributed by atoms with van der Waals surface area (Å²) in [6, 6.07) is 7.69. The Morgan fingerprint density at radius 1 is 1.03 bits per heavy atom. The molecule has 0 fully saturated rings. The van der Waals surface area contributed by atoms with Crippen LogP contribution in [-0.2, 0) is 6.61 Å². The lowest BCUT2D eigenvalue weighted by molar-refractivity contribution is -0.395. The molecule has 11 nitrogen and oxygen atoms in total. The van der Waals surface area contributed by atoms with E-state index in [9.17, 15) is 25.0 Å². The fourth-order valence-corrected chi connectivity index (χ4v) is 3.02. The molecule has 0 aliphatic carbocycles. The van der Waals surface area contributed by atoms with Crippen LogP contribution in [0.25, 0.3) is 0 Å². The van der Waals surface area contributed by atoms with Crippen LogP contribution in [0.3, 0.4) is 0 Å². The van der Waals surface area contributed by atoms with E-state index in [2.05, 4.69) is 10.5 Å². The highest BCUT2D eigenvalue weighted by atomic mass is 16.6. The molecule has 0 aliphatic heterocycles. The fraction of sp³-hybridized carbons (Fsp3) is 0.238. The molecule has 3 rings (SSSR count). The zero-order valence-electron chi connectivity index (χ0n) is 17.8. The van der Waals surface area contributed by atoms with Gasteiger partial charge in [0, 0.05) is 12.1 Å². The van der Waals surface area contributed by atoms with E-state index >= 15 is 0 Å². The topological polar surface area (TPSA) is 151 Å². The van der Waals surface area contributed by atoms with Crippen LogP contribution in [0.15, 0.2) is 34.9 Å². The normalized spacial score (nSPS) is 10.6. The maximum Gasteiger partial charge on any atom is 0.281 e. The van der Waals surface area contributed by atoms with Crippen LogP contribution in [-0.4, -0.2) is 20.9 Å². The van der Waals surface area contributed by atoms with E-state index in [1.54, 1.807) is 13.0 Å². The monoisotopic (exact) mass is 440 g/mol. The molecule has 0 aliphatic rings. The molecule has 1 heterocycles.